The molecule has 0 amide bonds. The lowest BCUT2D eigenvalue weighted by atomic mass is 10.1. The Balaban J connectivity index is 2.19. The van der Waals surface area contributed by atoms with E-state index in [0.29, 0.717) is 17.7 Å². The van der Waals surface area contributed by atoms with E-state index in [9.17, 15) is 4.79 Å². The van der Waals surface area contributed by atoms with Gasteiger partial charge in [0.05, 0.1) is 5.56 Å². The van der Waals surface area contributed by atoms with Crippen LogP contribution in [0, 0.1) is 0 Å². The molecule has 0 aliphatic rings. The summed E-state index contributed by atoms with van der Waals surface area (Å²) in [4.78, 5) is 11.9. The number of ether oxygens (including phenoxy) is 1. The van der Waals surface area contributed by atoms with E-state index in [1.165, 1.54) is 0 Å². The number of allylic oxidation sites excluding steroid dienone is 1. The van der Waals surface area contributed by atoms with Crippen LogP contribution >= 0.6 is 0 Å². The molecule has 0 N–H and O–H groups in total. The molecule has 0 heterocycles. The van der Waals surface area contributed by atoms with Gasteiger partial charge in [0, 0.05) is 0 Å². The SMILES string of the molecule is C=CCc1ccccc1OC(=O)c1ccccc1. The van der Waals surface area contributed by atoms with Crippen LogP contribution in [0.25, 0.3) is 0 Å². The van der Waals surface area contributed by atoms with Crippen molar-refractivity contribution in [3.05, 3.63) is 78.4 Å². The lowest BCUT2D eigenvalue weighted by molar-refractivity contribution is 0.0733. The number of rotatable bonds is 4. The van der Waals surface area contributed by atoms with Crippen LogP contribution in [-0.2, 0) is 6.42 Å². The zero-order chi connectivity index (χ0) is 12.8. The third-order valence-corrected chi connectivity index (χ3v) is 2.55. The summed E-state index contributed by atoms with van der Waals surface area (Å²) in [5, 5.41) is 0. The molecule has 90 valence electrons. The van der Waals surface area contributed by atoms with Gasteiger partial charge in [0.1, 0.15) is 5.75 Å². The van der Waals surface area contributed by atoms with Crippen LogP contribution in [0.5, 0.6) is 5.75 Å². The van der Waals surface area contributed by atoms with Crippen molar-refractivity contribution in [2.24, 2.45) is 0 Å². The minimum absolute atomic E-state index is 0.341. The van der Waals surface area contributed by atoms with Crippen molar-refractivity contribution in [3.8, 4) is 5.75 Å². The number of para-hydroxylation sites is 1. The molecule has 2 heteroatoms. The summed E-state index contributed by atoms with van der Waals surface area (Å²) in [6, 6.07) is 16.4. The summed E-state index contributed by atoms with van der Waals surface area (Å²) in [5.74, 6) is 0.248. The number of carbonyl (C=O) groups excluding carboxylic acids is 1. The van der Waals surface area contributed by atoms with Crippen LogP contribution in [0.4, 0.5) is 0 Å². The van der Waals surface area contributed by atoms with E-state index < -0.39 is 0 Å². The molecule has 0 bridgehead atoms. The fourth-order valence-electron chi connectivity index (χ4n) is 1.66. The van der Waals surface area contributed by atoms with Crippen LogP contribution in [0.3, 0.4) is 0 Å². The van der Waals surface area contributed by atoms with Gasteiger partial charge in [-0.05, 0) is 30.2 Å². The van der Waals surface area contributed by atoms with E-state index in [1.54, 1.807) is 24.3 Å². The Morgan fingerprint density at radius 1 is 1.06 bits per heavy atom. The van der Waals surface area contributed by atoms with Crippen LogP contribution in [0.2, 0.25) is 0 Å². The van der Waals surface area contributed by atoms with Gasteiger partial charge in [-0.3, -0.25) is 0 Å². The molecule has 0 aliphatic carbocycles. The van der Waals surface area contributed by atoms with E-state index in [1.807, 2.05) is 36.4 Å². The lowest BCUT2D eigenvalue weighted by Crippen LogP contribution is -2.09. The van der Waals surface area contributed by atoms with E-state index in [2.05, 4.69) is 6.58 Å². The molecule has 0 atom stereocenters. The third-order valence-electron chi connectivity index (χ3n) is 2.55. The summed E-state index contributed by atoms with van der Waals surface area (Å²) in [6.07, 6.45) is 2.47. The second-order valence-electron chi connectivity index (χ2n) is 3.86. The molecule has 0 spiro atoms. The Bertz CT molecular complexity index is 544. The molecule has 0 aliphatic heterocycles. The maximum absolute atomic E-state index is 11.9. The maximum Gasteiger partial charge on any atom is 0.343 e. The normalized spacial score (nSPS) is 9.78. The van der Waals surface area contributed by atoms with Crippen LogP contribution in [0.1, 0.15) is 15.9 Å². The highest BCUT2D eigenvalue weighted by molar-refractivity contribution is 5.91. The molecular formula is C16H14O2. The molecule has 18 heavy (non-hydrogen) atoms. The molecule has 0 radical (unpaired) electrons. The van der Waals surface area contributed by atoms with Crippen molar-refractivity contribution in [2.45, 2.75) is 6.42 Å². The molecule has 2 aromatic carbocycles. The van der Waals surface area contributed by atoms with Gasteiger partial charge in [-0.15, -0.1) is 6.58 Å². The van der Waals surface area contributed by atoms with E-state index in [0.717, 1.165) is 5.56 Å². The summed E-state index contributed by atoms with van der Waals surface area (Å²) < 4.78 is 5.40. The average Bonchev–Trinajstić information content (AvgIpc) is 2.42. The molecule has 0 aromatic heterocycles. The summed E-state index contributed by atoms with van der Waals surface area (Å²) >= 11 is 0. The van der Waals surface area contributed by atoms with Gasteiger partial charge in [-0.1, -0.05) is 42.5 Å². The fourth-order valence-corrected chi connectivity index (χ4v) is 1.66. The fraction of sp³-hybridized carbons (Fsp3) is 0.0625. The monoisotopic (exact) mass is 238 g/mol. The van der Waals surface area contributed by atoms with Crippen molar-refractivity contribution in [1.82, 2.24) is 0 Å². The van der Waals surface area contributed by atoms with E-state index in [4.69, 9.17) is 4.74 Å². The Kier molecular flexibility index (Phi) is 3.92. The van der Waals surface area contributed by atoms with Gasteiger partial charge in [0.2, 0.25) is 0 Å². The lowest BCUT2D eigenvalue weighted by Gasteiger charge is -2.08. The van der Waals surface area contributed by atoms with Crippen molar-refractivity contribution >= 4 is 5.97 Å². The van der Waals surface area contributed by atoms with Gasteiger partial charge < -0.3 is 4.74 Å². The average molecular weight is 238 g/mol. The van der Waals surface area contributed by atoms with Crippen LogP contribution in [-0.4, -0.2) is 5.97 Å². The van der Waals surface area contributed by atoms with E-state index in [-0.39, 0.29) is 5.97 Å². The maximum atomic E-state index is 11.9. The minimum Gasteiger partial charge on any atom is -0.423 e. The smallest absolute Gasteiger partial charge is 0.343 e. The number of hydrogen-bond donors (Lipinski definition) is 0. The summed E-state index contributed by atoms with van der Waals surface area (Å²) in [6.45, 7) is 3.69. The first-order valence-electron chi connectivity index (χ1n) is 5.77. The zero-order valence-corrected chi connectivity index (χ0v) is 10.0. The van der Waals surface area contributed by atoms with Gasteiger partial charge in [-0.25, -0.2) is 4.79 Å². The van der Waals surface area contributed by atoms with Gasteiger partial charge in [-0.2, -0.15) is 0 Å². The van der Waals surface area contributed by atoms with Gasteiger partial charge in [0.15, 0.2) is 0 Å². The van der Waals surface area contributed by atoms with Crippen molar-refractivity contribution in [1.29, 1.82) is 0 Å². The molecule has 0 saturated carbocycles. The molecular weight excluding hydrogens is 224 g/mol. The Labute approximate surface area is 107 Å². The second kappa shape index (κ2) is 5.82. The molecule has 0 saturated heterocycles. The standard InChI is InChI=1S/C16H14O2/c1-2-8-13-9-6-7-12-15(13)18-16(17)14-10-4-3-5-11-14/h2-7,9-12H,1,8H2. The third kappa shape index (κ3) is 2.86. The first kappa shape index (κ1) is 12.1. The van der Waals surface area contributed by atoms with Crippen LogP contribution in [0.15, 0.2) is 67.3 Å². The van der Waals surface area contributed by atoms with Crippen molar-refractivity contribution in [3.63, 3.8) is 0 Å². The second-order valence-corrected chi connectivity index (χ2v) is 3.86. The van der Waals surface area contributed by atoms with Gasteiger partial charge in [0.25, 0.3) is 0 Å². The predicted octanol–water partition coefficient (Wildman–Crippen LogP) is 3.63. The first-order chi connectivity index (χ1) is 8.81. The Morgan fingerprint density at radius 3 is 2.44 bits per heavy atom. The number of hydrogen-bond acceptors (Lipinski definition) is 2. The molecule has 0 fully saturated rings. The van der Waals surface area contributed by atoms with Crippen molar-refractivity contribution in [2.75, 3.05) is 0 Å². The largest absolute Gasteiger partial charge is 0.423 e. The zero-order valence-electron chi connectivity index (χ0n) is 10.0. The summed E-state index contributed by atoms with van der Waals surface area (Å²) in [5.41, 5.74) is 1.50. The van der Waals surface area contributed by atoms with Crippen molar-refractivity contribution < 1.29 is 9.53 Å². The molecule has 2 rings (SSSR count). The number of benzene rings is 2. The quantitative estimate of drug-likeness (QED) is 0.462. The van der Waals surface area contributed by atoms with Gasteiger partial charge >= 0.3 is 5.97 Å². The minimum atomic E-state index is -0.341. The first-order valence-corrected chi connectivity index (χ1v) is 5.77. The topological polar surface area (TPSA) is 26.3 Å². The summed E-state index contributed by atoms with van der Waals surface area (Å²) in [7, 11) is 0. The molecule has 2 aromatic rings. The highest BCUT2D eigenvalue weighted by Crippen LogP contribution is 2.20. The Morgan fingerprint density at radius 2 is 1.72 bits per heavy atom. The molecule has 0 unspecified atom stereocenters. The molecule has 2 nitrogen and oxygen atoms in total. The number of esters is 1. The highest BCUT2D eigenvalue weighted by Gasteiger charge is 2.09. The number of carbonyl (C=O) groups is 1. The highest BCUT2D eigenvalue weighted by atomic mass is 16.5. The van der Waals surface area contributed by atoms with Crippen LogP contribution < -0.4 is 4.74 Å². The Hall–Kier alpha value is -2.35. The predicted molar refractivity (Wildman–Crippen MR) is 71.7 cm³/mol. The van der Waals surface area contributed by atoms with E-state index >= 15 is 0 Å².